The van der Waals surface area contributed by atoms with Crippen LogP contribution < -0.4 is 0 Å². The van der Waals surface area contributed by atoms with Crippen molar-refractivity contribution in [2.75, 3.05) is 0 Å². The fraction of sp³-hybridized carbons (Fsp3) is 0.500. The molecule has 0 aliphatic carbocycles. The molecular weight excluding hydrogens is 199 g/mol. The van der Waals surface area contributed by atoms with Crippen LogP contribution in [0, 0.1) is 0 Å². The molecule has 0 N–H and O–H groups in total. The molecule has 1 aromatic rings. The molecule has 0 aliphatic rings. The first-order valence-electron chi connectivity index (χ1n) is 2.94. The van der Waals surface area contributed by atoms with Gasteiger partial charge in [-0.3, -0.25) is 0 Å². The van der Waals surface area contributed by atoms with Gasteiger partial charge in [-0.1, -0.05) is 0 Å². The second-order valence-electron chi connectivity index (χ2n) is 2.11. The maximum atomic E-state index is 12.6. The van der Waals surface area contributed by atoms with Gasteiger partial charge in [-0.2, -0.15) is 0 Å². The largest absolute Gasteiger partial charge is 0.323 e. The predicted molar refractivity (Wildman–Crippen MR) is 40.4 cm³/mol. The van der Waals surface area contributed by atoms with Crippen molar-refractivity contribution in [2.24, 2.45) is 7.05 Å². The summed E-state index contributed by atoms with van der Waals surface area (Å²) in [5.41, 5.74) is 0. The van der Waals surface area contributed by atoms with Gasteiger partial charge in [0.1, 0.15) is 10.4 Å². The number of imidazole rings is 1. The summed E-state index contributed by atoms with van der Waals surface area (Å²) < 4.78 is 15.1. The zero-order valence-corrected chi connectivity index (χ0v) is 7.39. The summed E-state index contributed by atoms with van der Waals surface area (Å²) in [4.78, 5) is 3.86. The fourth-order valence-corrected chi connectivity index (χ4v) is 1.06. The minimum atomic E-state index is -1.00. The molecule has 10 heavy (non-hydrogen) atoms. The normalized spacial score (nSPS) is 13.6. The minimum Gasteiger partial charge on any atom is -0.323 e. The molecule has 0 aromatic carbocycles. The highest BCUT2D eigenvalue weighted by Crippen LogP contribution is 2.18. The molecule has 56 valence electrons. The third-order valence-corrected chi connectivity index (χ3v) is 2.06. The van der Waals surface area contributed by atoms with Gasteiger partial charge in [-0.05, 0) is 22.9 Å². The average molecular weight is 207 g/mol. The highest BCUT2D eigenvalue weighted by atomic mass is 79.9. The van der Waals surface area contributed by atoms with E-state index in [1.54, 1.807) is 17.8 Å². The Bertz CT molecular complexity index is 232. The van der Waals surface area contributed by atoms with Gasteiger partial charge in [0.15, 0.2) is 6.17 Å². The van der Waals surface area contributed by atoms with E-state index in [-0.39, 0.29) is 0 Å². The molecule has 1 atom stereocenters. The topological polar surface area (TPSA) is 17.8 Å². The fourth-order valence-electron chi connectivity index (χ4n) is 0.772. The molecule has 1 heterocycles. The Morgan fingerprint density at radius 2 is 2.40 bits per heavy atom. The second kappa shape index (κ2) is 2.70. The van der Waals surface area contributed by atoms with Crippen LogP contribution in [0.4, 0.5) is 4.39 Å². The van der Waals surface area contributed by atoms with Crippen LogP contribution in [0.3, 0.4) is 0 Å². The molecule has 1 unspecified atom stereocenters. The number of nitrogens with zero attached hydrogens (tertiary/aromatic N) is 2. The van der Waals surface area contributed by atoms with Crippen molar-refractivity contribution in [2.45, 2.75) is 13.1 Å². The van der Waals surface area contributed by atoms with E-state index in [2.05, 4.69) is 20.9 Å². The van der Waals surface area contributed by atoms with E-state index in [0.29, 0.717) is 5.82 Å². The third kappa shape index (κ3) is 1.21. The van der Waals surface area contributed by atoms with E-state index < -0.39 is 6.17 Å². The van der Waals surface area contributed by atoms with Crippen molar-refractivity contribution in [3.05, 3.63) is 16.6 Å². The van der Waals surface area contributed by atoms with Gasteiger partial charge in [0, 0.05) is 7.05 Å². The number of rotatable bonds is 1. The van der Waals surface area contributed by atoms with Crippen molar-refractivity contribution in [3.8, 4) is 0 Å². The summed E-state index contributed by atoms with van der Waals surface area (Å²) in [5, 5.41) is 0. The van der Waals surface area contributed by atoms with E-state index in [0.717, 1.165) is 4.60 Å². The van der Waals surface area contributed by atoms with Crippen molar-refractivity contribution >= 4 is 15.9 Å². The Morgan fingerprint density at radius 3 is 2.60 bits per heavy atom. The lowest BCUT2D eigenvalue weighted by Crippen LogP contribution is -1.98. The van der Waals surface area contributed by atoms with Gasteiger partial charge < -0.3 is 4.57 Å². The summed E-state index contributed by atoms with van der Waals surface area (Å²) >= 11 is 3.22. The molecule has 1 rings (SSSR count). The molecule has 0 radical (unpaired) electrons. The molecule has 0 saturated heterocycles. The van der Waals surface area contributed by atoms with Gasteiger partial charge in [0.05, 0.1) is 6.20 Å². The highest BCUT2D eigenvalue weighted by Gasteiger charge is 2.09. The van der Waals surface area contributed by atoms with Crippen LogP contribution >= 0.6 is 15.9 Å². The first-order valence-corrected chi connectivity index (χ1v) is 3.73. The van der Waals surface area contributed by atoms with Gasteiger partial charge in [0.25, 0.3) is 0 Å². The maximum Gasteiger partial charge on any atom is 0.155 e. The molecule has 1 aromatic heterocycles. The van der Waals surface area contributed by atoms with Crippen LogP contribution in [0.25, 0.3) is 0 Å². The number of alkyl halides is 1. The summed E-state index contributed by atoms with van der Waals surface area (Å²) in [6, 6.07) is 0. The minimum absolute atomic E-state index is 0.451. The molecule has 0 aliphatic heterocycles. The number of hydrogen-bond donors (Lipinski definition) is 0. The van der Waals surface area contributed by atoms with E-state index in [1.165, 1.54) is 6.92 Å². The Morgan fingerprint density at radius 1 is 1.80 bits per heavy atom. The molecule has 2 nitrogen and oxygen atoms in total. The summed E-state index contributed by atoms with van der Waals surface area (Å²) in [6.07, 6.45) is 0.585. The van der Waals surface area contributed by atoms with E-state index in [9.17, 15) is 4.39 Å². The standard InChI is InChI=1S/C6H8BrFN2/c1-4(8)6-9-3-5(7)10(6)2/h3-4H,1-2H3. The zero-order chi connectivity index (χ0) is 7.72. The average Bonchev–Trinajstić information content (AvgIpc) is 2.14. The number of hydrogen-bond acceptors (Lipinski definition) is 1. The quantitative estimate of drug-likeness (QED) is 0.690. The van der Waals surface area contributed by atoms with Crippen LogP contribution in [-0.2, 0) is 7.05 Å². The summed E-state index contributed by atoms with van der Waals surface area (Å²) in [6.45, 7) is 1.47. The molecular formula is C6H8BrFN2. The second-order valence-corrected chi connectivity index (χ2v) is 2.93. The number of halogens is 2. The van der Waals surface area contributed by atoms with Gasteiger partial charge >= 0.3 is 0 Å². The highest BCUT2D eigenvalue weighted by molar-refractivity contribution is 9.10. The van der Waals surface area contributed by atoms with Gasteiger partial charge in [-0.25, -0.2) is 9.37 Å². The van der Waals surface area contributed by atoms with Crippen molar-refractivity contribution < 1.29 is 4.39 Å². The Hall–Kier alpha value is -0.380. The molecule has 0 amide bonds. The Labute approximate surface area is 67.2 Å². The molecule has 0 fully saturated rings. The van der Waals surface area contributed by atoms with Crippen LogP contribution in [0.2, 0.25) is 0 Å². The lowest BCUT2D eigenvalue weighted by atomic mass is 10.4. The molecule has 4 heteroatoms. The van der Waals surface area contributed by atoms with Crippen LogP contribution in [0.5, 0.6) is 0 Å². The lowest BCUT2D eigenvalue weighted by Gasteiger charge is -2.01. The smallest absolute Gasteiger partial charge is 0.155 e. The monoisotopic (exact) mass is 206 g/mol. The predicted octanol–water partition coefficient (Wildman–Crippen LogP) is 2.21. The van der Waals surface area contributed by atoms with Crippen LogP contribution in [0.1, 0.15) is 18.9 Å². The van der Waals surface area contributed by atoms with Gasteiger partial charge in [0.2, 0.25) is 0 Å². The van der Waals surface area contributed by atoms with Crippen molar-refractivity contribution in [1.82, 2.24) is 9.55 Å². The summed E-state index contributed by atoms with van der Waals surface area (Å²) in [7, 11) is 1.77. The SMILES string of the molecule is CC(F)c1ncc(Br)n1C. The van der Waals surface area contributed by atoms with Crippen LogP contribution in [-0.4, -0.2) is 9.55 Å². The lowest BCUT2D eigenvalue weighted by molar-refractivity contribution is 0.348. The van der Waals surface area contributed by atoms with Crippen molar-refractivity contribution in [1.29, 1.82) is 0 Å². The van der Waals surface area contributed by atoms with Crippen LogP contribution in [0.15, 0.2) is 10.8 Å². The zero-order valence-electron chi connectivity index (χ0n) is 5.81. The Balaban J connectivity index is 3.05. The van der Waals surface area contributed by atoms with Crippen molar-refractivity contribution in [3.63, 3.8) is 0 Å². The van der Waals surface area contributed by atoms with Gasteiger partial charge in [-0.15, -0.1) is 0 Å². The van der Waals surface area contributed by atoms with E-state index in [4.69, 9.17) is 0 Å². The Kier molecular flexibility index (Phi) is 2.08. The third-order valence-electron chi connectivity index (χ3n) is 1.32. The molecule has 0 saturated carbocycles. The molecule has 0 spiro atoms. The molecule has 0 bridgehead atoms. The maximum absolute atomic E-state index is 12.6. The number of aromatic nitrogens is 2. The van der Waals surface area contributed by atoms with E-state index in [1.807, 2.05) is 0 Å². The summed E-state index contributed by atoms with van der Waals surface area (Å²) in [5.74, 6) is 0.451. The van der Waals surface area contributed by atoms with E-state index >= 15 is 0 Å². The first-order chi connectivity index (χ1) is 4.63. The first kappa shape index (κ1) is 7.72.